The summed E-state index contributed by atoms with van der Waals surface area (Å²) in [5.41, 5.74) is 3.72. The Kier molecular flexibility index (Phi) is 2.71. The fourth-order valence-electron chi connectivity index (χ4n) is 2.49. The third kappa shape index (κ3) is 2.25. The van der Waals surface area contributed by atoms with Gasteiger partial charge >= 0.3 is 0 Å². The molecule has 1 aromatic heterocycles. The second-order valence-electron chi connectivity index (χ2n) is 4.96. The first-order chi connectivity index (χ1) is 8.31. The molecule has 1 atom stereocenters. The summed E-state index contributed by atoms with van der Waals surface area (Å²) < 4.78 is 0. The molecular formula is C13H18N4. The Morgan fingerprint density at radius 2 is 2.41 bits per heavy atom. The summed E-state index contributed by atoms with van der Waals surface area (Å²) in [6, 6.07) is 2.22. The van der Waals surface area contributed by atoms with Gasteiger partial charge in [0.2, 0.25) is 0 Å². The Balaban J connectivity index is 1.80. The minimum atomic E-state index is 0.779. The van der Waals surface area contributed by atoms with Crippen LogP contribution < -0.4 is 10.6 Å². The maximum atomic E-state index is 4.55. The summed E-state index contributed by atoms with van der Waals surface area (Å²) >= 11 is 0. The van der Waals surface area contributed by atoms with Crippen LogP contribution in [-0.4, -0.2) is 24.0 Å². The number of rotatable bonds is 1. The van der Waals surface area contributed by atoms with Crippen LogP contribution in [0.2, 0.25) is 0 Å². The van der Waals surface area contributed by atoms with Crippen molar-refractivity contribution in [1.82, 2.24) is 10.3 Å². The van der Waals surface area contributed by atoms with E-state index in [2.05, 4.69) is 33.6 Å². The second-order valence-corrected chi connectivity index (χ2v) is 4.96. The zero-order valence-corrected chi connectivity index (χ0v) is 10.2. The number of nitrogens with zero attached hydrogens (tertiary/aromatic N) is 2. The molecule has 1 unspecified atom stereocenters. The van der Waals surface area contributed by atoms with Crippen LogP contribution in [0.4, 0.5) is 5.69 Å². The smallest absolute Gasteiger partial charge is 0.195 e. The van der Waals surface area contributed by atoms with Crippen molar-refractivity contribution in [1.29, 1.82) is 0 Å². The van der Waals surface area contributed by atoms with Crippen LogP contribution in [0, 0.1) is 5.92 Å². The Bertz CT molecular complexity index is 453. The molecule has 4 heteroatoms. The maximum Gasteiger partial charge on any atom is 0.195 e. The van der Waals surface area contributed by atoms with Crippen LogP contribution in [-0.2, 0) is 12.8 Å². The van der Waals surface area contributed by atoms with Gasteiger partial charge in [-0.25, -0.2) is 0 Å². The van der Waals surface area contributed by atoms with Crippen LogP contribution >= 0.6 is 0 Å². The molecule has 0 saturated carbocycles. The first-order valence-electron chi connectivity index (χ1n) is 6.34. The Hall–Kier alpha value is -1.58. The quantitative estimate of drug-likeness (QED) is 0.770. The van der Waals surface area contributed by atoms with Crippen molar-refractivity contribution >= 4 is 11.6 Å². The van der Waals surface area contributed by atoms with E-state index < -0.39 is 0 Å². The van der Waals surface area contributed by atoms with E-state index >= 15 is 0 Å². The molecule has 4 nitrogen and oxygen atoms in total. The number of hydrogen-bond donors (Lipinski definition) is 2. The lowest BCUT2D eigenvalue weighted by Crippen LogP contribution is -2.26. The number of guanidine groups is 1. The molecule has 0 amide bonds. The van der Waals surface area contributed by atoms with E-state index in [1.165, 1.54) is 17.7 Å². The van der Waals surface area contributed by atoms with Crippen molar-refractivity contribution in [2.24, 2.45) is 10.9 Å². The number of fused-ring (bicyclic) bond motifs is 1. The topological polar surface area (TPSA) is 49.3 Å². The summed E-state index contributed by atoms with van der Waals surface area (Å²) in [6.07, 6.45) is 5.45. The molecule has 0 fully saturated rings. The second kappa shape index (κ2) is 4.35. The largest absolute Gasteiger partial charge is 0.354 e. The van der Waals surface area contributed by atoms with Gasteiger partial charge in [0.15, 0.2) is 5.96 Å². The van der Waals surface area contributed by atoms with E-state index in [-0.39, 0.29) is 0 Å². The minimum Gasteiger partial charge on any atom is -0.354 e. The summed E-state index contributed by atoms with van der Waals surface area (Å²) in [6.45, 7) is 4.10. The van der Waals surface area contributed by atoms with Crippen molar-refractivity contribution in [2.45, 2.75) is 26.2 Å². The molecule has 0 aromatic carbocycles. The molecule has 2 N–H and O–H groups in total. The molecular weight excluding hydrogens is 212 g/mol. The SMILES string of the molecule is CC1CCc2ncc(NC3=NCCN3)cc2C1. The lowest BCUT2D eigenvalue weighted by atomic mass is 9.88. The molecule has 0 radical (unpaired) electrons. The van der Waals surface area contributed by atoms with Gasteiger partial charge in [-0.15, -0.1) is 0 Å². The third-order valence-electron chi connectivity index (χ3n) is 3.44. The van der Waals surface area contributed by atoms with Crippen LogP contribution in [0.5, 0.6) is 0 Å². The van der Waals surface area contributed by atoms with Crippen molar-refractivity contribution in [2.75, 3.05) is 18.4 Å². The Morgan fingerprint density at radius 1 is 1.47 bits per heavy atom. The van der Waals surface area contributed by atoms with Crippen molar-refractivity contribution in [3.8, 4) is 0 Å². The van der Waals surface area contributed by atoms with Gasteiger partial charge in [-0.3, -0.25) is 9.98 Å². The number of aryl methyl sites for hydroxylation is 1. The average Bonchev–Trinajstić information content (AvgIpc) is 2.81. The van der Waals surface area contributed by atoms with E-state index in [1.807, 2.05) is 6.20 Å². The number of anilines is 1. The van der Waals surface area contributed by atoms with E-state index in [0.717, 1.165) is 43.5 Å². The van der Waals surface area contributed by atoms with Crippen molar-refractivity contribution < 1.29 is 0 Å². The highest BCUT2D eigenvalue weighted by Gasteiger charge is 2.16. The number of hydrogen-bond acceptors (Lipinski definition) is 4. The molecule has 0 bridgehead atoms. The number of pyridine rings is 1. The predicted octanol–water partition coefficient (Wildman–Crippen LogP) is 1.58. The fraction of sp³-hybridized carbons (Fsp3) is 0.538. The average molecular weight is 230 g/mol. The van der Waals surface area contributed by atoms with Gasteiger partial charge in [0.05, 0.1) is 18.4 Å². The normalized spacial score (nSPS) is 22.6. The van der Waals surface area contributed by atoms with E-state index in [0.29, 0.717) is 0 Å². The number of nitrogens with one attached hydrogen (secondary N) is 2. The molecule has 1 aliphatic heterocycles. The van der Waals surface area contributed by atoms with Crippen molar-refractivity contribution in [3.63, 3.8) is 0 Å². The molecule has 1 aromatic rings. The molecule has 0 spiro atoms. The zero-order chi connectivity index (χ0) is 11.7. The highest BCUT2D eigenvalue weighted by Crippen LogP contribution is 2.25. The van der Waals surface area contributed by atoms with Crippen LogP contribution in [0.25, 0.3) is 0 Å². The van der Waals surface area contributed by atoms with E-state index in [1.54, 1.807) is 0 Å². The van der Waals surface area contributed by atoms with E-state index in [9.17, 15) is 0 Å². The first kappa shape index (κ1) is 10.6. The van der Waals surface area contributed by atoms with Gasteiger partial charge in [0, 0.05) is 12.2 Å². The van der Waals surface area contributed by atoms with Crippen LogP contribution in [0.3, 0.4) is 0 Å². The zero-order valence-electron chi connectivity index (χ0n) is 10.2. The Morgan fingerprint density at radius 3 is 3.24 bits per heavy atom. The molecule has 1 aliphatic carbocycles. The van der Waals surface area contributed by atoms with Gasteiger partial charge in [0.1, 0.15) is 0 Å². The van der Waals surface area contributed by atoms with Crippen LogP contribution in [0.15, 0.2) is 17.3 Å². The van der Waals surface area contributed by atoms with Gasteiger partial charge < -0.3 is 10.6 Å². The number of aromatic nitrogens is 1. The standard InChI is InChI=1S/C13H18N4/c1-9-2-3-12-10(6-9)7-11(8-16-12)17-13-14-4-5-15-13/h7-9H,2-6H2,1H3,(H2,14,15,17). The lowest BCUT2D eigenvalue weighted by Gasteiger charge is -2.21. The highest BCUT2D eigenvalue weighted by atomic mass is 15.2. The molecule has 17 heavy (non-hydrogen) atoms. The number of aliphatic imine (C=N–C) groups is 1. The van der Waals surface area contributed by atoms with Gasteiger partial charge in [-0.2, -0.15) is 0 Å². The molecule has 3 rings (SSSR count). The predicted molar refractivity (Wildman–Crippen MR) is 69.4 cm³/mol. The fourth-order valence-corrected chi connectivity index (χ4v) is 2.49. The van der Waals surface area contributed by atoms with Gasteiger partial charge in [0.25, 0.3) is 0 Å². The first-order valence-corrected chi connectivity index (χ1v) is 6.34. The summed E-state index contributed by atoms with van der Waals surface area (Å²) in [7, 11) is 0. The van der Waals surface area contributed by atoms with E-state index in [4.69, 9.17) is 0 Å². The monoisotopic (exact) mass is 230 g/mol. The van der Waals surface area contributed by atoms with Crippen molar-refractivity contribution in [3.05, 3.63) is 23.5 Å². The molecule has 2 aliphatic rings. The van der Waals surface area contributed by atoms with Gasteiger partial charge in [-0.1, -0.05) is 6.92 Å². The van der Waals surface area contributed by atoms with Crippen LogP contribution in [0.1, 0.15) is 24.6 Å². The molecule has 90 valence electrons. The van der Waals surface area contributed by atoms with Gasteiger partial charge in [-0.05, 0) is 36.8 Å². The minimum absolute atomic E-state index is 0.779. The summed E-state index contributed by atoms with van der Waals surface area (Å²) in [4.78, 5) is 8.88. The maximum absolute atomic E-state index is 4.55. The third-order valence-corrected chi connectivity index (χ3v) is 3.44. The molecule has 0 saturated heterocycles. The lowest BCUT2D eigenvalue weighted by molar-refractivity contribution is 0.494. The molecule has 2 heterocycles. The summed E-state index contributed by atoms with van der Waals surface area (Å²) in [5.74, 6) is 1.65. The summed E-state index contributed by atoms with van der Waals surface area (Å²) in [5, 5.41) is 6.49. The Labute approximate surface area is 102 Å². The highest BCUT2D eigenvalue weighted by molar-refractivity contribution is 5.94.